The van der Waals surface area contributed by atoms with Crippen LogP contribution >= 0.6 is 0 Å². The van der Waals surface area contributed by atoms with Crippen molar-refractivity contribution in [3.63, 3.8) is 0 Å². The summed E-state index contributed by atoms with van der Waals surface area (Å²) in [4.78, 5) is 14.3. The van der Waals surface area contributed by atoms with Crippen LogP contribution in [0.3, 0.4) is 0 Å². The summed E-state index contributed by atoms with van der Waals surface area (Å²) in [6, 6.07) is 4.45. The molecule has 150 valence electrons. The molecular weight excluding hydrogens is 387 g/mol. The molecule has 0 atom stereocenters. The number of sulfonamides is 1. The minimum atomic E-state index is -3.94. The number of aryl methyl sites for hydroxylation is 1. The molecule has 1 aromatic heterocycles. The van der Waals surface area contributed by atoms with E-state index in [1.165, 1.54) is 0 Å². The Kier molecular flexibility index (Phi) is 5.83. The summed E-state index contributed by atoms with van der Waals surface area (Å²) in [6.45, 7) is 3.91. The van der Waals surface area contributed by atoms with Crippen molar-refractivity contribution < 1.29 is 26.8 Å². The van der Waals surface area contributed by atoms with Gasteiger partial charge in [0.05, 0.1) is 17.2 Å². The van der Waals surface area contributed by atoms with Crippen LogP contribution in [0.15, 0.2) is 38.7 Å². The normalized spacial score (nSPS) is 15.3. The van der Waals surface area contributed by atoms with E-state index < -0.39 is 21.8 Å². The molecule has 0 radical (unpaired) electrons. The van der Waals surface area contributed by atoms with Crippen LogP contribution < -0.4 is 4.83 Å². The van der Waals surface area contributed by atoms with E-state index in [2.05, 4.69) is 9.93 Å². The van der Waals surface area contributed by atoms with Gasteiger partial charge in [0.15, 0.2) is 0 Å². The number of carbonyl (C=O) groups is 1. The summed E-state index contributed by atoms with van der Waals surface area (Å²) in [5.41, 5.74) is 1.70. The maximum atomic E-state index is 13.0. The lowest BCUT2D eigenvalue weighted by molar-refractivity contribution is 0.0465. The number of rotatable bonds is 6. The number of furan rings is 1. The average Bonchev–Trinajstić information content (AvgIpc) is 3.02. The Balaban J connectivity index is 1.88. The smallest absolute Gasteiger partial charge is 0.374 e. The molecule has 0 saturated carbocycles. The molecule has 1 heterocycles. The SMILES string of the molecule is CCCOC(=O)c1oc2c(c1C)/C(=N/NS(=O)(=O)c1ccc(F)cc1)CCC2. The summed E-state index contributed by atoms with van der Waals surface area (Å²) in [7, 11) is -3.94. The van der Waals surface area contributed by atoms with Gasteiger partial charge in [-0.25, -0.2) is 9.18 Å². The number of halogens is 1. The van der Waals surface area contributed by atoms with Gasteiger partial charge in [-0.3, -0.25) is 0 Å². The van der Waals surface area contributed by atoms with Gasteiger partial charge >= 0.3 is 5.97 Å². The Morgan fingerprint density at radius 3 is 2.68 bits per heavy atom. The van der Waals surface area contributed by atoms with E-state index in [9.17, 15) is 17.6 Å². The summed E-state index contributed by atoms with van der Waals surface area (Å²) in [5, 5.41) is 4.06. The van der Waals surface area contributed by atoms with Crippen molar-refractivity contribution in [2.24, 2.45) is 5.10 Å². The zero-order valence-corrected chi connectivity index (χ0v) is 16.4. The van der Waals surface area contributed by atoms with Crippen LogP contribution in [0.5, 0.6) is 0 Å². The molecule has 1 N–H and O–H groups in total. The lowest BCUT2D eigenvalue weighted by Gasteiger charge is -2.14. The highest BCUT2D eigenvalue weighted by Crippen LogP contribution is 2.30. The van der Waals surface area contributed by atoms with Gasteiger partial charge in [-0.2, -0.15) is 18.4 Å². The van der Waals surface area contributed by atoms with Crippen LogP contribution in [0, 0.1) is 12.7 Å². The van der Waals surface area contributed by atoms with E-state index in [0.717, 1.165) is 24.3 Å². The molecule has 2 aromatic rings. The molecule has 0 unspecified atom stereocenters. The second kappa shape index (κ2) is 8.14. The molecule has 1 aromatic carbocycles. The number of nitrogens with zero attached hydrogens (tertiary/aromatic N) is 1. The minimum Gasteiger partial charge on any atom is -0.460 e. The fourth-order valence-corrected chi connectivity index (χ4v) is 3.85. The highest BCUT2D eigenvalue weighted by molar-refractivity contribution is 7.89. The molecule has 3 rings (SSSR count). The largest absolute Gasteiger partial charge is 0.460 e. The number of nitrogens with one attached hydrogen (secondary N) is 1. The highest BCUT2D eigenvalue weighted by atomic mass is 32.2. The average molecular weight is 408 g/mol. The highest BCUT2D eigenvalue weighted by Gasteiger charge is 2.29. The van der Waals surface area contributed by atoms with E-state index in [1.54, 1.807) is 6.92 Å². The third-order valence-corrected chi connectivity index (χ3v) is 5.60. The number of esters is 1. The Bertz CT molecular complexity index is 1010. The number of carbonyl (C=O) groups excluding carboxylic acids is 1. The zero-order valence-electron chi connectivity index (χ0n) is 15.6. The number of benzene rings is 1. The molecule has 0 saturated heterocycles. The van der Waals surface area contributed by atoms with Crippen LogP contribution in [0.4, 0.5) is 4.39 Å². The van der Waals surface area contributed by atoms with Gasteiger partial charge in [0.2, 0.25) is 5.76 Å². The van der Waals surface area contributed by atoms with E-state index in [-0.39, 0.29) is 10.7 Å². The fraction of sp³-hybridized carbons (Fsp3) is 0.368. The summed E-state index contributed by atoms with van der Waals surface area (Å²) in [6.07, 6.45) is 2.56. The monoisotopic (exact) mass is 408 g/mol. The number of hydrazone groups is 1. The third-order valence-electron chi connectivity index (χ3n) is 4.37. The van der Waals surface area contributed by atoms with Crippen molar-refractivity contribution in [3.05, 3.63) is 52.7 Å². The predicted molar refractivity (Wildman–Crippen MR) is 100 cm³/mol. The standard InChI is InChI=1S/C19H21FN2O5S/c1-3-11-26-19(23)18-12(2)17-15(5-4-6-16(17)27-18)21-22-28(24,25)14-9-7-13(20)8-10-14/h7-10,22H,3-6,11H2,1-2H3/b21-15+. The summed E-state index contributed by atoms with van der Waals surface area (Å²) in [5.74, 6) is -0.361. The van der Waals surface area contributed by atoms with Crippen molar-refractivity contribution in [1.29, 1.82) is 0 Å². The van der Waals surface area contributed by atoms with Crippen molar-refractivity contribution >= 4 is 21.7 Å². The molecule has 7 nitrogen and oxygen atoms in total. The summed E-state index contributed by atoms with van der Waals surface area (Å²) < 4.78 is 48.6. The molecule has 0 spiro atoms. The molecule has 9 heteroatoms. The molecule has 0 amide bonds. The quantitative estimate of drug-likeness (QED) is 0.584. The predicted octanol–water partition coefficient (Wildman–Crippen LogP) is 3.31. The van der Waals surface area contributed by atoms with Crippen molar-refractivity contribution in [1.82, 2.24) is 4.83 Å². The van der Waals surface area contributed by atoms with Crippen molar-refractivity contribution in [2.45, 2.75) is 44.4 Å². The minimum absolute atomic E-state index is 0.0953. The summed E-state index contributed by atoms with van der Waals surface area (Å²) >= 11 is 0. The van der Waals surface area contributed by atoms with Crippen LogP contribution in [-0.2, 0) is 21.2 Å². The maximum absolute atomic E-state index is 13.0. The van der Waals surface area contributed by atoms with E-state index in [0.29, 0.717) is 54.9 Å². The lowest BCUT2D eigenvalue weighted by atomic mass is 9.93. The Labute approximate surface area is 162 Å². The van der Waals surface area contributed by atoms with Crippen LogP contribution in [0.2, 0.25) is 0 Å². The van der Waals surface area contributed by atoms with Gasteiger partial charge in [0.25, 0.3) is 10.0 Å². The topological polar surface area (TPSA) is 98.0 Å². The Hall–Kier alpha value is -2.68. The molecule has 0 fully saturated rings. The Morgan fingerprint density at radius 1 is 1.29 bits per heavy atom. The van der Waals surface area contributed by atoms with Gasteiger partial charge in [0.1, 0.15) is 11.6 Å². The first kappa shape index (κ1) is 20.1. The number of ether oxygens (including phenoxy) is 1. The van der Waals surface area contributed by atoms with Gasteiger partial charge in [-0.15, -0.1) is 0 Å². The van der Waals surface area contributed by atoms with Crippen LogP contribution in [0.1, 0.15) is 53.6 Å². The molecule has 28 heavy (non-hydrogen) atoms. The second-order valence-electron chi connectivity index (χ2n) is 6.45. The lowest BCUT2D eigenvalue weighted by Crippen LogP contribution is -2.22. The van der Waals surface area contributed by atoms with Crippen molar-refractivity contribution in [3.8, 4) is 0 Å². The van der Waals surface area contributed by atoms with Crippen molar-refractivity contribution in [2.75, 3.05) is 6.61 Å². The van der Waals surface area contributed by atoms with Gasteiger partial charge in [-0.1, -0.05) is 6.92 Å². The maximum Gasteiger partial charge on any atom is 0.374 e. The number of fused-ring (bicyclic) bond motifs is 1. The Morgan fingerprint density at radius 2 is 2.00 bits per heavy atom. The number of hydrogen-bond donors (Lipinski definition) is 1. The van der Waals surface area contributed by atoms with E-state index in [4.69, 9.17) is 9.15 Å². The fourth-order valence-electron chi connectivity index (χ4n) is 3.02. The zero-order chi connectivity index (χ0) is 20.3. The van der Waals surface area contributed by atoms with Gasteiger partial charge in [0, 0.05) is 17.5 Å². The third kappa shape index (κ3) is 4.09. The van der Waals surface area contributed by atoms with Crippen LogP contribution in [0.25, 0.3) is 0 Å². The van der Waals surface area contributed by atoms with Gasteiger partial charge in [-0.05, 0) is 50.5 Å². The van der Waals surface area contributed by atoms with Gasteiger partial charge < -0.3 is 9.15 Å². The first-order chi connectivity index (χ1) is 13.3. The molecule has 1 aliphatic rings. The molecule has 0 bridgehead atoms. The van der Waals surface area contributed by atoms with E-state index >= 15 is 0 Å². The van der Waals surface area contributed by atoms with E-state index in [1.807, 2.05) is 6.92 Å². The number of hydrogen-bond acceptors (Lipinski definition) is 6. The molecular formula is C19H21FN2O5S. The second-order valence-corrected chi connectivity index (χ2v) is 8.11. The van der Waals surface area contributed by atoms with Crippen LogP contribution in [-0.4, -0.2) is 26.7 Å². The first-order valence-electron chi connectivity index (χ1n) is 8.97. The molecule has 0 aliphatic heterocycles. The molecule has 1 aliphatic carbocycles. The first-order valence-corrected chi connectivity index (χ1v) is 10.5.